The van der Waals surface area contributed by atoms with E-state index in [-0.39, 0.29) is 12.4 Å². The van der Waals surface area contributed by atoms with Crippen LogP contribution in [0.3, 0.4) is 0 Å². The first-order valence-electron chi connectivity index (χ1n) is 5.15. The molecule has 0 aromatic rings. The van der Waals surface area contributed by atoms with E-state index in [0.29, 0.717) is 19.3 Å². The molecule has 0 aromatic heterocycles. The zero-order valence-corrected chi connectivity index (χ0v) is 9.26. The van der Waals surface area contributed by atoms with Crippen LogP contribution < -0.4 is 11.1 Å². The molecule has 0 rings (SSSR count). The second-order valence-corrected chi connectivity index (χ2v) is 3.51. The number of rotatable bonds is 7. The van der Waals surface area contributed by atoms with Crippen molar-refractivity contribution in [2.75, 3.05) is 6.54 Å². The second kappa shape index (κ2) is 7.75. The average molecular weight is 255 g/mol. The predicted molar refractivity (Wildman–Crippen MR) is 55.6 cm³/mol. The van der Waals surface area contributed by atoms with E-state index in [0.717, 1.165) is 0 Å². The summed E-state index contributed by atoms with van der Waals surface area (Å²) >= 11 is 0. The summed E-state index contributed by atoms with van der Waals surface area (Å²) in [6.07, 6.45) is -4.42. The summed E-state index contributed by atoms with van der Waals surface area (Å²) < 4.78 is 35.3. The summed E-state index contributed by atoms with van der Waals surface area (Å²) in [6.45, 7) is 0.287. The van der Waals surface area contributed by atoms with E-state index < -0.39 is 24.9 Å². The van der Waals surface area contributed by atoms with Gasteiger partial charge in [0.05, 0.1) is 6.42 Å². The van der Waals surface area contributed by atoms with E-state index in [1.54, 1.807) is 0 Å². The number of nitrogens with zero attached hydrogens (tertiary/aromatic N) is 1. The smallest absolute Gasteiger partial charge is 0.389 e. The Balaban J connectivity index is 3.46. The van der Waals surface area contributed by atoms with E-state index in [1.165, 1.54) is 0 Å². The van der Waals surface area contributed by atoms with Gasteiger partial charge in [0, 0.05) is 19.4 Å². The van der Waals surface area contributed by atoms with Crippen LogP contribution in [0.2, 0.25) is 0 Å². The van der Waals surface area contributed by atoms with Gasteiger partial charge in [-0.3, -0.25) is 4.79 Å². The number of hydrogen-bond donors (Lipinski definition) is 3. The Morgan fingerprint density at radius 2 is 1.94 bits per heavy atom. The molecule has 0 spiro atoms. The van der Waals surface area contributed by atoms with Crippen LogP contribution in [0.5, 0.6) is 0 Å². The van der Waals surface area contributed by atoms with E-state index >= 15 is 0 Å². The van der Waals surface area contributed by atoms with Gasteiger partial charge in [0.15, 0.2) is 0 Å². The average Bonchev–Trinajstić information content (AvgIpc) is 2.24. The molecule has 0 aliphatic heterocycles. The van der Waals surface area contributed by atoms with Gasteiger partial charge in [-0.25, -0.2) is 0 Å². The van der Waals surface area contributed by atoms with Gasteiger partial charge in [-0.05, 0) is 12.8 Å². The van der Waals surface area contributed by atoms with Gasteiger partial charge < -0.3 is 16.3 Å². The molecule has 0 atom stereocenters. The molecule has 8 heteroatoms. The fraction of sp³-hybridized carbons (Fsp3) is 0.778. The first kappa shape index (κ1) is 15.5. The molecule has 4 N–H and O–H groups in total. The summed E-state index contributed by atoms with van der Waals surface area (Å²) in [5, 5.41) is 13.3. The lowest BCUT2D eigenvalue weighted by Crippen LogP contribution is -2.26. The SMILES string of the molecule is N/C(CCCCNC(=O)CCC(F)(F)F)=N\O. The van der Waals surface area contributed by atoms with Crippen molar-refractivity contribution in [3.05, 3.63) is 0 Å². The molecular formula is C9H16F3N3O2. The lowest BCUT2D eigenvalue weighted by atomic mass is 10.2. The minimum absolute atomic E-state index is 0.0911. The topological polar surface area (TPSA) is 87.7 Å². The summed E-state index contributed by atoms with van der Waals surface area (Å²) in [4.78, 5) is 10.9. The molecule has 0 heterocycles. The fourth-order valence-electron chi connectivity index (χ4n) is 1.05. The van der Waals surface area contributed by atoms with Gasteiger partial charge in [0.25, 0.3) is 0 Å². The Hall–Kier alpha value is -1.47. The minimum atomic E-state index is -4.30. The Bertz CT molecular complexity index is 267. The van der Waals surface area contributed by atoms with Crippen molar-refractivity contribution in [2.45, 2.75) is 38.3 Å². The van der Waals surface area contributed by atoms with Gasteiger partial charge in [-0.15, -0.1) is 0 Å². The number of nitrogens with one attached hydrogen (secondary N) is 1. The molecule has 0 unspecified atom stereocenters. The molecule has 0 bridgehead atoms. The zero-order valence-electron chi connectivity index (χ0n) is 9.26. The third kappa shape index (κ3) is 10.8. The van der Waals surface area contributed by atoms with E-state index in [9.17, 15) is 18.0 Å². The van der Waals surface area contributed by atoms with Gasteiger partial charge in [-0.2, -0.15) is 13.2 Å². The third-order valence-corrected chi connectivity index (χ3v) is 1.95. The van der Waals surface area contributed by atoms with Crippen LogP contribution >= 0.6 is 0 Å². The van der Waals surface area contributed by atoms with Crippen molar-refractivity contribution >= 4 is 11.7 Å². The Labute approximate surface area is 96.9 Å². The maximum Gasteiger partial charge on any atom is 0.389 e. The summed E-state index contributed by atoms with van der Waals surface area (Å²) in [5.41, 5.74) is 5.20. The maximum atomic E-state index is 11.8. The van der Waals surface area contributed by atoms with Crippen LogP contribution in [0, 0.1) is 0 Å². The summed E-state index contributed by atoms with van der Waals surface area (Å²) in [5.74, 6) is -0.528. The molecule has 0 aliphatic rings. The van der Waals surface area contributed by atoms with Crippen molar-refractivity contribution in [1.29, 1.82) is 0 Å². The largest absolute Gasteiger partial charge is 0.409 e. The van der Waals surface area contributed by atoms with Gasteiger partial charge >= 0.3 is 6.18 Å². The lowest BCUT2D eigenvalue weighted by Gasteiger charge is -2.07. The van der Waals surface area contributed by atoms with Gasteiger partial charge in [-0.1, -0.05) is 5.16 Å². The fourth-order valence-corrected chi connectivity index (χ4v) is 1.05. The number of nitrogens with two attached hydrogens (primary N) is 1. The first-order valence-corrected chi connectivity index (χ1v) is 5.15. The number of hydrogen-bond acceptors (Lipinski definition) is 3. The summed E-state index contributed by atoms with van der Waals surface area (Å²) in [7, 11) is 0. The monoisotopic (exact) mass is 255 g/mol. The number of carbonyl (C=O) groups is 1. The van der Waals surface area contributed by atoms with Gasteiger partial charge in [0.1, 0.15) is 5.84 Å². The first-order chi connectivity index (χ1) is 7.85. The molecule has 0 radical (unpaired) electrons. The molecule has 0 aromatic carbocycles. The molecule has 0 saturated heterocycles. The molecule has 0 fully saturated rings. The van der Waals surface area contributed by atoms with Crippen LogP contribution in [0.25, 0.3) is 0 Å². The van der Waals surface area contributed by atoms with Crippen molar-refractivity contribution in [3.63, 3.8) is 0 Å². The Morgan fingerprint density at radius 3 is 2.47 bits per heavy atom. The number of amides is 1. The number of halogens is 3. The molecule has 0 saturated carbocycles. The molecule has 100 valence electrons. The van der Waals surface area contributed by atoms with E-state index in [2.05, 4.69) is 10.5 Å². The van der Waals surface area contributed by atoms with Crippen molar-refractivity contribution in [1.82, 2.24) is 5.32 Å². The number of carbonyl (C=O) groups excluding carboxylic acids is 1. The molecular weight excluding hydrogens is 239 g/mol. The number of unbranched alkanes of at least 4 members (excludes halogenated alkanes) is 1. The minimum Gasteiger partial charge on any atom is -0.409 e. The predicted octanol–water partition coefficient (Wildman–Crippen LogP) is 1.36. The van der Waals surface area contributed by atoms with Crippen LogP contribution in [0.15, 0.2) is 5.16 Å². The van der Waals surface area contributed by atoms with Crippen LogP contribution in [-0.4, -0.2) is 29.7 Å². The Kier molecular flexibility index (Phi) is 7.08. The molecule has 1 amide bonds. The van der Waals surface area contributed by atoms with Crippen LogP contribution in [0.4, 0.5) is 13.2 Å². The number of alkyl halides is 3. The van der Waals surface area contributed by atoms with Crippen molar-refractivity contribution in [3.8, 4) is 0 Å². The quantitative estimate of drug-likeness (QED) is 0.211. The highest BCUT2D eigenvalue weighted by molar-refractivity contribution is 5.79. The standard InChI is InChI=1S/C9H16F3N3O2/c10-9(11,12)5-4-8(16)14-6-2-1-3-7(13)15-17/h17H,1-6H2,(H2,13,15)(H,14,16). The highest BCUT2D eigenvalue weighted by Crippen LogP contribution is 2.20. The van der Waals surface area contributed by atoms with Crippen molar-refractivity contribution < 1.29 is 23.2 Å². The third-order valence-electron chi connectivity index (χ3n) is 1.95. The molecule has 0 aliphatic carbocycles. The highest BCUT2D eigenvalue weighted by Gasteiger charge is 2.27. The highest BCUT2D eigenvalue weighted by atomic mass is 19.4. The zero-order chi connectivity index (χ0) is 13.3. The number of amidine groups is 1. The van der Waals surface area contributed by atoms with Crippen molar-refractivity contribution in [2.24, 2.45) is 10.9 Å². The van der Waals surface area contributed by atoms with E-state index in [1.807, 2.05) is 0 Å². The lowest BCUT2D eigenvalue weighted by molar-refractivity contribution is -0.144. The molecule has 17 heavy (non-hydrogen) atoms. The van der Waals surface area contributed by atoms with Gasteiger partial charge in [0.2, 0.25) is 5.91 Å². The van der Waals surface area contributed by atoms with E-state index in [4.69, 9.17) is 10.9 Å². The number of oxime groups is 1. The maximum absolute atomic E-state index is 11.8. The Morgan fingerprint density at radius 1 is 1.29 bits per heavy atom. The second-order valence-electron chi connectivity index (χ2n) is 3.51. The van der Waals surface area contributed by atoms with Crippen LogP contribution in [0.1, 0.15) is 32.1 Å². The van der Waals surface area contributed by atoms with Crippen LogP contribution in [-0.2, 0) is 4.79 Å². The summed E-state index contributed by atoms with van der Waals surface area (Å²) in [6, 6.07) is 0. The molecule has 5 nitrogen and oxygen atoms in total. The normalized spacial score (nSPS) is 12.5.